The van der Waals surface area contributed by atoms with Crippen LogP contribution in [0.25, 0.3) is 0 Å². The summed E-state index contributed by atoms with van der Waals surface area (Å²) in [4.78, 5) is 24.4. The number of carbonyl (C=O) groups is 2. The van der Waals surface area contributed by atoms with Crippen LogP contribution in [0.1, 0.15) is 264 Å². The third-order valence-corrected chi connectivity index (χ3v) is 11.8. The summed E-state index contributed by atoms with van der Waals surface area (Å²) in [5.74, 6) is -0.178. The fourth-order valence-corrected chi connectivity index (χ4v) is 7.74. The zero-order chi connectivity index (χ0) is 44.4. The minimum absolute atomic E-state index is 0.0292. The first kappa shape index (κ1) is 58.8. The van der Waals surface area contributed by atoms with Gasteiger partial charge in [-0.15, -0.1) is 0 Å². The Balaban J connectivity index is 3.61. The normalized spacial score (nSPS) is 13.0. The number of hydrogen-bond donors (Lipinski definition) is 3. The molecule has 2 atom stereocenters. The maximum Gasteiger partial charge on any atom is 0.305 e. The number of hydrogen-bond acceptors (Lipinski definition) is 5. The minimum Gasteiger partial charge on any atom is -0.466 e. The van der Waals surface area contributed by atoms with Crippen molar-refractivity contribution in [2.75, 3.05) is 13.2 Å². The van der Waals surface area contributed by atoms with Crippen LogP contribution in [0.2, 0.25) is 0 Å². The van der Waals surface area contributed by atoms with E-state index in [9.17, 15) is 19.8 Å². The molecule has 0 aliphatic carbocycles. The number of nitrogens with one attached hydrogen (secondary N) is 1. The van der Waals surface area contributed by atoms with Crippen molar-refractivity contribution in [3.63, 3.8) is 0 Å². The van der Waals surface area contributed by atoms with Gasteiger partial charge < -0.3 is 20.3 Å². The third-order valence-electron chi connectivity index (χ3n) is 11.8. The molecule has 6 nitrogen and oxygen atoms in total. The Hall–Kier alpha value is -2.18. The molecule has 61 heavy (non-hydrogen) atoms. The van der Waals surface area contributed by atoms with E-state index in [0.29, 0.717) is 25.9 Å². The highest BCUT2D eigenvalue weighted by Gasteiger charge is 2.17. The zero-order valence-corrected chi connectivity index (χ0v) is 40.4. The summed E-state index contributed by atoms with van der Waals surface area (Å²) in [7, 11) is 0. The standard InChI is InChI=1S/C55H101NO5/c1-3-5-7-9-11-13-15-17-18-19-20-21-22-24-27-31-35-39-43-47-53(58)52(51-57)56-54(59)48-44-40-36-32-28-25-23-26-30-34-38-42-46-50-61-55(60)49-45-41-37-33-29-16-14-12-10-8-6-4-2/h12,14,25,28,36,40,43,47,52-53,57-58H,3-11,13,15-24,26-27,29-35,37-39,41-42,44-46,48-51H2,1-2H3,(H,56,59)/b14-12-,28-25-,40-36-,47-43+. The van der Waals surface area contributed by atoms with E-state index in [-0.39, 0.29) is 18.5 Å². The van der Waals surface area contributed by atoms with E-state index in [2.05, 4.69) is 49.5 Å². The number of aliphatic hydroxyl groups is 2. The molecule has 0 saturated carbocycles. The Morgan fingerprint density at radius 2 is 0.836 bits per heavy atom. The molecule has 0 aromatic carbocycles. The fourth-order valence-electron chi connectivity index (χ4n) is 7.74. The number of aliphatic hydroxyl groups excluding tert-OH is 2. The van der Waals surface area contributed by atoms with Gasteiger partial charge in [0.25, 0.3) is 0 Å². The second-order valence-corrected chi connectivity index (χ2v) is 17.8. The molecule has 356 valence electrons. The van der Waals surface area contributed by atoms with Crippen LogP contribution in [-0.4, -0.2) is 47.4 Å². The number of amides is 1. The lowest BCUT2D eigenvalue weighted by Gasteiger charge is -2.19. The molecule has 0 aromatic heterocycles. The van der Waals surface area contributed by atoms with Gasteiger partial charge in [-0.25, -0.2) is 0 Å². The molecule has 1 amide bonds. The van der Waals surface area contributed by atoms with Crippen LogP contribution in [0, 0.1) is 0 Å². The highest BCUT2D eigenvalue weighted by atomic mass is 16.5. The average molecular weight is 856 g/mol. The molecule has 0 aliphatic heterocycles. The lowest BCUT2D eigenvalue weighted by molar-refractivity contribution is -0.143. The van der Waals surface area contributed by atoms with Gasteiger partial charge in [0.1, 0.15) is 0 Å². The van der Waals surface area contributed by atoms with E-state index in [0.717, 1.165) is 51.4 Å². The van der Waals surface area contributed by atoms with Crippen molar-refractivity contribution in [1.29, 1.82) is 0 Å². The molecule has 0 saturated heterocycles. The number of ether oxygens (including phenoxy) is 1. The number of allylic oxidation sites excluding steroid dienone is 7. The Bertz CT molecular complexity index is 1040. The van der Waals surface area contributed by atoms with Gasteiger partial charge in [-0.1, -0.05) is 223 Å². The van der Waals surface area contributed by atoms with Gasteiger partial charge in [-0.3, -0.25) is 9.59 Å². The summed E-state index contributed by atoms with van der Waals surface area (Å²) in [5, 5.41) is 23.0. The summed E-state index contributed by atoms with van der Waals surface area (Å²) < 4.78 is 5.43. The topological polar surface area (TPSA) is 95.9 Å². The van der Waals surface area contributed by atoms with Gasteiger partial charge >= 0.3 is 5.97 Å². The van der Waals surface area contributed by atoms with Crippen molar-refractivity contribution in [2.24, 2.45) is 0 Å². The van der Waals surface area contributed by atoms with Crippen LogP contribution >= 0.6 is 0 Å². The molecule has 0 heterocycles. The summed E-state index contributed by atoms with van der Waals surface area (Å²) in [6, 6.07) is -0.673. The molecular weight excluding hydrogens is 755 g/mol. The Morgan fingerprint density at radius 1 is 0.459 bits per heavy atom. The first-order valence-electron chi connectivity index (χ1n) is 26.4. The summed E-state index contributed by atoms with van der Waals surface area (Å²) in [6.45, 7) is 4.81. The molecule has 0 radical (unpaired) electrons. The Morgan fingerprint density at radius 3 is 1.33 bits per heavy atom. The van der Waals surface area contributed by atoms with E-state index < -0.39 is 12.1 Å². The van der Waals surface area contributed by atoms with E-state index in [1.807, 2.05) is 12.2 Å². The average Bonchev–Trinajstić information content (AvgIpc) is 3.26. The molecule has 0 aliphatic rings. The van der Waals surface area contributed by atoms with Crippen LogP contribution in [0.3, 0.4) is 0 Å². The fraction of sp³-hybridized carbons (Fsp3) is 0.818. The second kappa shape index (κ2) is 50.5. The van der Waals surface area contributed by atoms with Crippen LogP contribution in [0.15, 0.2) is 48.6 Å². The first-order chi connectivity index (χ1) is 30.0. The predicted octanol–water partition coefficient (Wildman–Crippen LogP) is 15.8. The number of unbranched alkanes of at least 4 members (excludes halogenated alkanes) is 31. The predicted molar refractivity (Wildman–Crippen MR) is 264 cm³/mol. The van der Waals surface area contributed by atoms with Crippen molar-refractivity contribution in [2.45, 2.75) is 276 Å². The minimum atomic E-state index is -0.880. The number of rotatable bonds is 48. The van der Waals surface area contributed by atoms with E-state index >= 15 is 0 Å². The van der Waals surface area contributed by atoms with E-state index in [1.165, 1.54) is 180 Å². The number of carbonyl (C=O) groups excluding carboxylic acids is 2. The lowest BCUT2D eigenvalue weighted by Crippen LogP contribution is -2.45. The second-order valence-electron chi connectivity index (χ2n) is 17.8. The van der Waals surface area contributed by atoms with Gasteiger partial charge in [0.05, 0.1) is 25.4 Å². The van der Waals surface area contributed by atoms with Crippen molar-refractivity contribution < 1.29 is 24.5 Å². The van der Waals surface area contributed by atoms with Crippen LogP contribution in [0.5, 0.6) is 0 Å². The largest absolute Gasteiger partial charge is 0.466 e. The van der Waals surface area contributed by atoms with Crippen LogP contribution in [0.4, 0.5) is 0 Å². The van der Waals surface area contributed by atoms with Crippen molar-refractivity contribution >= 4 is 11.9 Å². The highest BCUT2D eigenvalue weighted by molar-refractivity contribution is 5.76. The Labute approximate surface area is 378 Å². The van der Waals surface area contributed by atoms with Gasteiger partial charge in [-0.05, 0) is 77.0 Å². The quantitative estimate of drug-likeness (QED) is 0.0322. The molecule has 2 unspecified atom stereocenters. The first-order valence-corrected chi connectivity index (χ1v) is 26.4. The maximum atomic E-state index is 12.4. The SMILES string of the molecule is CCCCC/C=C\CCCCCCCC(=O)OCCCCCCCC/C=C\C/C=C\CCC(=O)NC(CO)C(O)/C=C/CCCCCCCCCCCCCCCCCCC. The summed E-state index contributed by atoms with van der Waals surface area (Å²) in [5.41, 5.74) is 0. The van der Waals surface area contributed by atoms with Gasteiger partial charge in [0.15, 0.2) is 0 Å². The van der Waals surface area contributed by atoms with Crippen LogP contribution < -0.4 is 5.32 Å². The molecular formula is C55H101NO5. The van der Waals surface area contributed by atoms with E-state index in [1.54, 1.807) is 6.08 Å². The summed E-state index contributed by atoms with van der Waals surface area (Å²) in [6.07, 6.45) is 62.7. The maximum absolute atomic E-state index is 12.4. The van der Waals surface area contributed by atoms with Crippen molar-refractivity contribution in [1.82, 2.24) is 5.32 Å². The monoisotopic (exact) mass is 856 g/mol. The van der Waals surface area contributed by atoms with Gasteiger partial charge in [0.2, 0.25) is 5.91 Å². The molecule has 3 N–H and O–H groups in total. The Kier molecular flexibility index (Phi) is 48.7. The van der Waals surface area contributed by atoms with Crippen LogP contribution in [-0.2, 0) is 14.3 Å². The molecule has 0 rings (SSSR count). The van der Waals surface area contributed by atoms with E-state index in [4.69, 9.17) is 4.74 Å². The van der Waals surface area contributed by atoms with Crippen molar-refractivity contribution in [3.8, 4) is 0 Å². The smallest absolute Gasteiger partial charge is 0.305 e. The molecule has 0 aromatic rings. The molecule has 6 heteroatoms. The molecule has 0 bridgehead atoms. The van der Waals surface area contributed by atoms with Gasteiger partial charge in [0, 0.05) is 12.8 Å². The highest BCUT2D eigenvalue weighted by Crippen LogP contribution is 2.15. The lowest BCUT2D eigenvalue weighted by atomic mass is 10.0. The molecule has 0 fully saturated rings. The summed E-state index contributed by atoms with van der Waals surface area (Å²) >= 11 is 0. The third kappa shape index (κ3) is 47.1. The number of esters is 1. The van der Waals surface area contributed by atoms with Gasteiger partial charge in [-0.2, -0.15) is 0 Å². The zero-order valence-electron chi connectivity index (χ0n) is 40.4. The molecule has 0 spiro atoms. The van der Waals surface area contributed by atoms with Crippen molar-refractivity contribution in [3.05, 3.63) is 48.6 Å².